The van der Waals surface area contributed by atoms with E-state index in [1.807, 2.05) is 43.1 Å². The van der Waals surface area contributed by atoms with Crippen LogP contribution in [0.4, 0.5) is 5.69 Å². The number of aromatic amines is 1. The number of para-hydroxylation sites is 1. The number of nitrogens with zero attached hydrogens (tertiary/aromatic N) is 3. The van der Waals surface area contributed by atoms with Crippen molar-refractivity contribution in [1.82, 2.24) is 14.8 Å². The number of esters is 1. The van der Waals surface area contributed by atoms with Gasteiger partial charge >= 0.3 is 5.97 Å². The summed E-state index contributed by atoms with van der Waals surface area (Å²) in [5, 5.41) is 37.8. The Morgan fingerprint density at radius 3 is 2.55 bits per heavy atom. The number of amides is 1. The van der Waals surface area contributed by atoms with Crippen LogP contribution in [-0.2, 0) is 31.6 Å². The lowest BCUT2D eigenvalue weighted by atomic mass is 9.51. The van der Waals surface area contributed by atoms with Gasteiger partial charge in [-0.1, -0.05) is 38.5 Å². The van der Waals surface area contributed by atoms with Crippen molar-refractivity contribution in [1.29, 1.82) is 0 Å². The number of rotatable bonds is 6. The summed E-state index contributed by atoms with van der Waals surface area (Å²) in [6, 6.07) is 11.2. The van der Waals surface area contributed by atoms with Crippen LogP contribution in [0, 0.1) is 17.8 Å². The van der Waals surface area contributed by atoms with E-state index < -0.39 is 46.1 Å². The average molecular weight is 756 g/mol. The number of likely N-dealkylation sites (N-methyl/N-ethyl adjacent to an activating group) is 1. The molecular weight excluding hydrogens is 699 g/mol. The fraction of sp³-hybridized carbons (Fsp3) is 0.628. The Morgan fingerprint density at radius 2 is 1.84 bits per heavy atom. The van der Waals surface area contributed by atoms with Crippen molar-refractivity contribution in [2.75, 3.05) is 58.9 Å². The maximum atomic E-state index is 15.2. The summed E-state index contributed by atoms with van der Waals surface area (Å²) in [6.07, 6.45) is 3.11. The number of aliphatic hydroxyl groups is 3. The first kappa shape index (κ1) is 36.9. The Bertz CT molecular complexity index is 2050. The third-order valence-electron chi connectivity index (χ3n) is 15.5. The van der Waals surface area contributed by atoms with E-state index in [-0.39, 0.29) is 23.8 Å². The normalized spacial score (nSPS) is 39.3. The van der Waals surface area contributed by atoms with Gasteiger partial charge in [-0.25, -0.2) is 0 Å². The highest BCUT2D eigenvalue weighted by Crippen LogP contribution is 2.65. The predicted octanol–water partition coefficient (Wildman–Crippen LogP) is 2.81. The van der Waals surface area contributed by atoms with E-state index in [4.69, 9.17) is 15.2 Å². The molecule has 1 aliphatic carbocycles. The first-order chi connectivity index (χ1) is 26.3. The molecule has 6 N–H and O–H groups in total. The molecule has 3 saturated heterocycles. The Balaban J connectivity index is 1.35. The predicted molar refractivity (Wildman–Crippen MR) is 208 cm³/mol. The molecule has 12 nitrogen and oxygen atoms in total. The number of piperidine rings is 2. The molecule has 5 aliphatic heterocycles. The third-order valence-corrected chi connectivity index (χ3v) is 15.5. The molecule has 11 atom stereocenters. The van der Waals surface area contributed by atoms with Crippen LogP contribution in [0.25, 0.3) is 10.9 Å². The molecular formula is C43H57N5O7. The number of aromatic nitrogens is 1. The van der Waals surface area contributed by atoms with Gasteiger partial charge in [-0.05, 0) is 86.7 Å². The summed E-state index contributed by atoms with van der Waals surface area (Å²) in [5.41, 5.74) is 5.97. The second-order valence-electron chi connectivity index (χ2n) is 17.8. The summed E-state index contributed by atoms with van der Waals surface area (Å²) >= 11 is 0. The van der Waals surface area contributed by atoms with Gasteiger partial charge in [0, 0.05) is 78.0 Å². The number of H-pyrrole nitrogens is 1. The van der Waals surface area contributed by atoms with Gasteiger partial charge in [-0.3, -0.25) is 19.4 Å². The van der Waals surface area contributed by atoms with Gasteiger partial charge in [0.2, 0.25) is 0 Å². The summed E-state index contributed by atoms with van der Waals surface area (Å²) < 4.78 is 12.2. The van der Waals surface area contributed by atoms with Gasteiger partial charge < -0.3 is 40.4 Å². The van der Waals surface area contributed by atoms with E-state index in [1.165, 1.54) is 7.11 Å². The number of hydrogen-bond donors (Lipinski definition) is 5. The molecule has 0 radical (unpaired) electrons. The van der Waals surface area contributed by atoms with Gasteiger partial charge in [0.25, 0.3) is 5.91 Å². The summed E-state index contributed by atoms with van der Waals surface area (Å²) in [5.74, 6) is -1.23. The van der Waals surface area contributed by atoms with Crippen molar-refractivity contribution in [3.63, 3.8) is 0 Å². The summed E-state index contributed by atoms with van der Waals surface area (Å²) in [7, 11) is 4.92. The lowest BCUT2D eigenvalue weighted by molar-refractivity contribution is -0.196. The number of carbonyl (C=O) groups is 2. The number of aliphatic hydroxyl groups excluding tert-OH is 1. The van der Waals surface area contributed by atoms with E-state index in [2.05, 4.69) is 33.8 Å². The average Bonchev–Trinajstić information content (AvgIpc) is 3.84. The first-order valence-corrected chi connectivity index (χ1v) is 20.4. The van der Waals surface area contributed by atoms with Crippen LogP contribution in [0.2, 0.25) is 0 Å². The van der Waals surface area contributed by atoms with Gasteiger partial charge in [0.05, 0.1) is 32.0 Å². The largest absolute Gasteiger partial charge is 0.496 e. The number of fused-ring (bicyclic) bond motifs is 6. The molecule has 1 aromatic heterocycles. The van der Waals surface area contributed by atoms with E-state index >= 15 is 4.79 Å². The maximum absolute atomic E-state index is 15.2. The zero-order chi connectivity index (χ0) is 38.8. The minimum Gasteiger partial charge on any atom is -0.496 e. The second kappa shape index (κ2) is 12.7. The number of nitrogens with one attached hydrogen (secondary N) is 1. The lowest BCUT2D eigenvalue weighted by Gasteiger charge is -2.60. The minimum atomic E-state index is -2.23. The van der Waals surface area contributed by atoms with Crippen molar-refractivity contribution >= 4 is 28.5 Å². The van der Waals surface area contributed by atoms with E-state index in [1.54, 1.807) is 7.11 Å². The first-order valence-electron chi connectivity index (χ1n) is 20.4. The van der Waals surface area contributed by atoms with Crippen molar-refractivity contribution < 1.29 is 34.4 Å². The zero-order valence-corrected chi connectivity index (χ0v) is 32.8. The molecule has 1 unspecified atom stereocenters. The Kier molecular flexibility index (Phi) is 8.50. The molecule has 1 saturated carbocycles. The van der Waals surface area contributed by atoms with Crippen LogP contribution in [0.5, 0.6) is 5.75 Å². The number of methoxy groups -OCH3 is 2. The topological polar surface area (TPSA) is 165 Å². The zero-order valence-electron chi connectivity index (χ0n) is 32.8. The molecule has 2 bridgehead atoms. The SMILES string of the molecule is CC[C@H]1CCN2CC[C@]34c5cc([C@@]6(C(=O)OC)C[C@@H]7C[N@](CCc8c6[nH]c6ccccc86)C[C@](O)(CC)C7)c(OC)cc5N(C)[C@H]3[C@@](O)(C(N)=O)[C@H](O)C1[C@H]24. The molecule has 4 fully saturated rings. The van der Waals surface area contributed by atoms with Gasteiger partial charge in [-0.15, -0.1) is 0 Å². The highest BCUT2D eigenvalue weighted by molar-refractivity contribution is 5.95. The van der Waals surface area contributed by atoms with Crippen molar-refractivity contribution in [3.05, 3.63) is 58.8 Å². The minimum absolute atomic E-state index is 0.0681. The third kappa shape index (κ3) is 4.75. The number of benzene rings is 2. The summed E-state index contributed by atoms with van der Waals surface area (Å²) in [4.78, 5) is 39.3. The highest BCUT2D eigenvalue weighted by Gasteiger charge is 2.76. The van der Waals surface area contributed by atoms with Crippen LogP contribution >= 0.6 is 0 Å². The Labute approximate surface area is 322 Å². The number of nitrogens with two attached hydrogens (primary N) is 1. The second-order valence-corrected chi connectivity index (χ2v) is 17.8. The van der Waals surface area contributed by atoms with E-state index in [9.17, 15) is 20.1 Å². The van der Waals surface area contributed by atoms with Gasteiger partial charge in [-0.2, -0.15) is 0 Å². The molecule has 55 heavy (non-hydrogen) atoms. The smallest absolute Gasteiger partial charge is 0.322 e. The van der Waals surface area contributed by atoms with E-state index in [0.717, 1.165) is 72.4 Å². The molecule has 2 aromatic carbocycles. The van der Waals surface area contributed by atoms with Crippen LogP contribution < -0.4 is 15.4 Å². The molecule has 1 spiro atoms. The van der Waals surface area contributed by atoms with Crippen LogP contribution in [0.1, 0.15) is 74.8 Å². The number of hydrogen-bond acceptors (Lipinski definition) is 10. The highest BCUT2D eigenvalue weighted by atomic mass is 16.5. The molecule has 3 aromatic rings. The number of ether oxygens (including phenoxy) is 2. The standard InChI is InChI=1S/C43H57N5O7/c1-6-25-12-16-48-17-14-41-28-18-29(32(54-4)19-31(28)46(3)37(41)43(53,38(44)50)36(49)33(25)35(41)48)42(39(51)55-5)21-24-20-40(52,7-2)23-47(22-24)15-13-27-26-10-8-9-11-30(26)45-34(27)42/h8-11,18-19,24-25,33,35-37,45,49,52-53H,6-7,12-17,20-23H2,1-5H3,(H2,44,50)/t24-,25+,33?,35+,36-,37-,40+,41-,42+,43-/m1/s1. The van der Waals surface area contributed by atoms with E-state index in [0.29, 0.717) is 50.0 Å². The van der Waals surface area contributed by atoms with Crippen LogP contribution in [0.15, 0.2) is 36.4 Å². The Morgan fingerprint density at radius 1 is 1.05 bits per heavy atom. The molecule has 296 valence electrons. The fourth-order valence-corrected chi connectivity index (χ4v) is 13.3. The summed E-state index contributed by atoms with van der Waals surface area (Å²) in [6.45, 7) is 7.78. The number of primary amides is 1. The molecule has 6 heterocycles. The fourth-order valence-electron chi connectivity index (χ4n) is 13.3. The molecule has 12 heteroatoms. The lowest BCUT2D eigenvalue weighted by Crippen LogP contribution is -2.79. The van der Waals surface area contributed by atoms with Crippen molar-refractivity contribution in [3.8, 4) is 5.75 Å². The van der Waals surface area contributed by atoms with Gasteiger partial charge in [0.1, 0.15) is 11.2 Å². The molecule has 9 rings (SSSR count). The quantitative estimate of drug-likeness (QED) is 0.237. The van der Waals surface area contributed by atoms with Crippen LogP contribution in [0.3, 0.4) is 0 Å². The van der Waals surface area contributed by atoms with Crippen molar-refractivity contribution in [2.24, 2.45) is 23.5 Å². The molecule has 6 aliphatic rings. The number of anilines is 1. The number of carbonyl (C=O) groups excluding carboxylic acids is 2. The monoisotopic (exact) mass is 755 g/mol. The van der Waals surface area contributed by atoms with Crippen LogP contribution in [-0.4, -0.2) is 125 Å². The maximum Gasteiger partial charge on any atom is 0.322 e. The Hall–Kier alpha value is -3.68. The molecule has 1 amide bonds. The van der Waals surface area contributed by atoms with Crippen molar-refractivity contribution in [2.45, 2.75) is 99.0 Å². The van der Waals surface area contributed by atoms with Gasteiger partial charge in [0.15, 0.2) is 5.60 Å².